The Morgan fingerprint density at radius 2 is 0.912 bits per heavy atom. The van der Waals surface area contributed by atoms with Crippen molar-refractivity contribution in [3.63, 3.8) is 0 Å². The standard InChI is InChI=1S/C32H63N2/c1-4-7-9-11-12-13-14-15-16-17-18-19-20-21-22-23-25-27-32-33(28-6-3)30-31-34(32)29-26-24-10-8-5-2/h30-31H,4-29H2,1-3H3/q+1. The van der Waals surface area contributed by atoms with Gasteiger partial charge in [-0.05, 0) is 25.7 Å². The van der Waals surface area contributed by atoms with E-state index in [1.807, 2.05) is 0 Å². The Labute approximate surface area is 215 Å². The van der Waals surface area contributed by atoms with E-state index in [9.17, 15) is 0 Å². The van der Waals surface area contributed by atoms with Crippen LogP contribution in [-0.2, 0) is 19.5 Å². The second-order valence-corrected chi connectivity index (χ2v) is 10.9. The van der Waals surface area contributed by atoms with Crippen LogP contribution in [0, 0.1) is 0 Å². The maximum absolute atomic E-state index is 2.56. The van der Waals surface area contributed by atoms with Crippen LogP contribution in [0.1, 0.15) is 174 Å². The van der Waals surface area contributed by atoms with E-state index in [2.05, 4.69) is 42.3 Å². The molecule has 0 unspecified atom stereocenters. The number of imidazole rings is 1. The van der Waals surface area contributed by atoms with Gasteiger partial charge in [0.1, 0.15) is 12.4 Å². The summed E-state index contributed by atoms with van der Waals surface area (Å²) < 4.78 is 5.09. The Hall–Kier alpha value is -0.790. The Morgan fingerprint density at radius 3 is 1.35 bits per heavy atom. The molecule has 1 rings (SSSR count). The summed E-state index contributed by atoms with van der Waals surface area (Å²) in [5.41, 5.74) is 0. The van der Waals surface area contributed by atoms with Crippen molar-refractivity contribution in [1.29, 1.82) is 0 Å². The van der Waals surface area contributed by atoms with Crippen molar-refractivity contribution in [2.45, 2.75) is 188 Å². The fraction of sp³-hybridized carbons (Fsp3) is 0.906. The van der Waals surface area contributed by atoms with E-state index in [4.69, 9.17) is 0 Å². The molecule has 0 radical (unpaired) electrons. The topological polar surface area (TPSA) is 8.81 Å². The normalized spacial score (nSPS) is 11.5. The second-order valence-electron chi connectivity index (χ2n) is 10.9. The molecule has 0 saturated carbocycles. The van der Waals surface area contributed by atoms with Gasteiger partial charge < -0.3 is 0 Å². The molecule has 34 heavy (non-hydrogen) atoms. The Morgan fingerprint density at radius 1 is 0.500 bits per heavy atom. The van der Waals surface area contributed by atoms with E-state index in [1.54, 1.807) is 5.82 Å². The maximum Gasteiger partial charge on any atom is 0.256 e. The fourth-order valence-corrected chi connectivity index (χ4v) is 5.33. The van der Waals surface area contributed by atoms with Crippen molar-refractivity contribution in [2.75, 3.05) is 0 Å². The predicted octanol–water partition coefficient (Wildman–Crippen LogP) is 10.4. The molecule has 0 saturated heterocycles. The zero-order valence-corrected chi connectivity index (χ0v) is 23.9. The largest absolute Gasteiger partial charge is 0.256 e. The summed E-state index contributed by atoms with van der Waals surface area (Å²) in [6.45, 7) is 9.30. The zero-order chi connectivity index (χ0) is 24.5. The Bertz CT molecular complexity index is 533. The molecule has 0 aliphatic rings. The van der Waals surface area contributed by atoms with Crippen molar-refractivity contribution >= 4 is 0 Å². The highest BCUT2D eigenvalue weighted by Gasteiger charge is 2.15. The summed E-state index contributed by atoms with van der Waals surface area (Å²) >= 11 is 0. The van der Waals surface area contributed by atoms with Crippen molar-refractivity contribution < 1.29 is 4.57 Å². The van der Waals surface area contributed by atoms with Crippen LogP contribution in [0.5, 0.6) is 0 Å². The van der Waals surface area contributed by atoms with Crippen molar-refractivity contribution in [3.05, 3.63) is 18.2 Å². The lowest BCUT2D eigenvalue weighted by molar-refractivity contribution is -0.703. The van der Waals surface area contributed by atoms with Crippen LogP contribution in [0.15, 0.2) is 12.4 Å². The van der Waals surface area contributed by atoms with Crippen LogP contribution in [0.4, 0.5) is 0 Å². The van der Waals surface area contributed by atoms with Crippen LogP contribution in [-0.4, -0.2) is 4.57 Å². The van der Waals surface area contributed by atoms with Gasteiger partial charge in [-0.25, -0.2) is 9.13 Å². The van der Waals surface area contributed by atoms with E-state index >= 15 is 0 Å². The molecule has 0 amide bonds. The van der Waals surface area contributed by atoms with Gasteiger partial charge in [0.15, 0.2) is 0 Å². The van der Waals surface area contributed by atoms with Gasteiger partial charge in [-0.2, -0.15) is 0 Å². The lowest BCUT2D eigenvalue weighted by Gasteiger charge is -2.06. The number of aromatic nitrogens is 2. The fourth-order valence-electron chi connectivity index (χ4n) is 5.33. The molecule has 0 N–H and O–H groups in total. The number of rotatable bonds is 26. The summed E-state index contributed by atoms with van der Waals surface area (Å²) in [6, 6.07) is 0. The molecule has 0 bridgehead atoms. The minimum atomic E-state index is 1.18. The average Bonchev–Trinajstić information content (AvgIpc) is 3.22. The quantitative estimate of drug-likeness (QED) is 0.0930. The third-order valence-corrected chi connectivity index (χ3v) is 7.56. The number of aryl methyl sites for hydroxylation is 2. The van der Waals surface area contributed by atoms with Crippen LogP contribution in [0.25, 0.3) is 0 Å². The van der Waals surface area contributed by atoms with Crippen LogP contribution < -0.4 is 4.57 Å². The van der Waals surface area contributed by atoms with E-state index in [1.165, 1.54) is 167 Å². The lowest BCUT2D eigenvalue weighted by atomic mass is 10.0. The van der Waals surface area contributed by atoms with Crippen LogP contribution in [0.2, 0.25) is 0 Å². The summed E-state index contributed by atoms with van der Waals surface area (Å²) in [6.07, 6.45) is 38.7. The molecule has 0 atom stereocenters. The molecule has 200 valence electrons. The number of hydrogen-bond donors (Lipinski definition) is 0. The van der Waals surface area contributed by atoms with E-state index in [-0.39, 0.29) is 0 Å². The number of nitrogens with zero attached hydrogens (tertiary/aromatic N) is 2. The van der Waals surface area contributed by atoms with Gasteiger partial charge in [0.25, 0.3) is 5.82 Å². The molecule has 0 fully saturated rings. The highest BCUT2D eigenvalue weighted by molar-refractivity contribution is 4.84. The number of unbranched alkanes of at least 4 members (excludes halogenated alkanes) is 20. The van der Waals surface area contributed by atoms with Crippen LogP contribution in [0.3, 0.4) is 0 Å². The first-order valence-corrected chi connectivity index (χ1v) is 15.9. The summed E-state index contributed by atoms with van der Waals surface area (Å²) in [7, 11) is 0. The molecular weight excluding hydrogens is 412 g/mol. The first-order valence-electron chi connectivity index (χ1n) is 15.9. The molecule has 0 spiro atoms. The number of hydrogen-bond acceptors (Lipinski definition) is 0. The van der Waals surface area contributed by atoms with E-state index in [0.717, 1.165) is 0 Å². The monoisotopic (exact) mass is 475 g/mol. The highest BCUT2D eigenvalue weighted by atomic mass is 15.1. The Kier molecular flexibility index (Phi) is 22.0. The molecule has 2 heteroatoms. The van der Waals surface area contributed by atoms with Gasteiger partial charge in [0.2, 0.25) is 0 Å². The second kappa shape index (κ2) is 23.9. The van der Waals surface area contributed by atoms with E-state index < -0.39 is 0 Å². The first-order chi connectivity index (χ1) is 16.8. The summed E-state index contributed by atoms with van der Waals surface area (Å²) in [5, 5.41) is 0. The maximum atomic E-state index is 2.56. The van der Waals surface area contributed by atoms with Gasteiger partial charge in [-0.15, -0.1) is 0 Å². The summed E-state index contributed by atoms with van der Waals surface area (Å²) in [5.74, 6) is 1.58. The third kappa shape index (κ3) is 16.8. The molecular formula is C32H63N2+. The van der Waals surface area contributed by atoms with Gasteiger partial charge in [-0.1, -0.05) is 143 Å². The predicted molar refractivity (Wildman–Crippen MR) is 152 cm³/mol. The SMILES string of the molecule is CCCCCCCCCCCCCCCCCCCc1n(CCCCCCC)cc[n+]1CCC. The molecule has 0 aliphatic carbocycles. The zero-order valence-electron chi connectivity index (χ0n) is 23.9. The molecule has 1 heterocycles. The van der Waals surface area contributed by atoms with Crippen molar-refractivity contribution in [2.24, 2.45) is 0 Å². The summed E-state index contributed by atoms with van der Waals surface area (Å²) in [4.78, 5) is 0. The Balaban J connectivity index is 2.00. The smallest absolute Gasteiger partial charge is 0.234 e. The minimum absolute atomic E-state index is 1.18. The molecule has 1 aromatic rings. The molecule has 1 aromatic heterocycles. The van der Waals surface area contributed by atoms with E-state index in [0.29, 0.717) is 0 Å². The lowest BCUT2D eigenvalue weighted by Crippen LogP contribution is -2.37. The molecule has 0 aliphatic heterocycles. The first kappa shape index (κ1) is 31.2. The van der Waals surface area contributed by atoms with Gasteiger partial charge in [0, 0.05) is 6.42 Å². The van der Waals surface area contributed by atoms with Gasteiger partial charge in [0.05, 0.1) is 13.1 Å². The van der Waals surface area contributed by atoms with Gasteiger partial charge >= 0.3 is 0 Å². The average molecular weight is 476 g/mol. The highest BCUT2D eigenvalue weighted by Crippen LogP contribution is 2.15. The van der Waals surface area contributed by atoms with Gasteiger partial charge in [-0.3, -0.25) is 0 Å². The van der Waals surface area contributed by atoms with Crippen LogP contribution >= 0.6 is 0 Å². The minimum Gasteiger partial charge on any atom is -0.234 e. The van der Waals surface area contributed by atoms with Crippen molar-refractivity contribution in [1.82, 2.24) is 4.57 Å². The third-order valence-electron chi connectivity index (χ3n) is 7.56. The van der Waals surface area contributed by atoms with Crippen molar-refractivity contribution in [3.8, 4) is 0 Å². The molecule has 2 nitrogen and oxygen atoms in total. The molecule has 0 aromatic carbocycles.